The highest BCUT2D eigenvalue weighted by molar-refractivity contribution is 5.75. The fourth-order valence-corrected chi connectivity index (χ4v) is 2.36. The van der Waals surface area contributed by atoms with Crippen molar-refractivity contribution >= 4 is 5.91 Å². The van der Waals surface area contributed by atoms with Crippen LogP contribution in [0.5, 0.6) is 5.75 Å². The maximum atomic E-state index is 11.8. The number of aromatic hydroxyl groups is 1. The molecule has 3 heteroatoms. The Kier molecular flexibility index (Phi) is 9.04. The van der Waals surface area contributed by atoms with Crippen molar-refractivity contribution in [3.8, 4) is 5.75 Å². The summed E-state index contributed by atoms with van der Waals surface area (Å²) in [6.45, 7) is 4.44. The van der Waals surface area contributed by atoms with Crippen molar-refractivity contribution in [3.63, 3.8) is 0 Å². The minimum atomic E-state index is 0.111. The Morgan fingerprint density at radius 1 is 1.18 bits per heavy atom. The first-order valence-corrected chi connectivity index (χ1v) is 8.30. The lowest BCUT2D eigenvalue weighted by Crippen LogP contribution is -2.22. The Hall–Kier alpha value is -1.77. The van der Waals surface area contributed by atoms with E-state index in [0.717, 1.165) is 24.0 Å². The molecule has 0 aliphatic heterocycles. The number of hydrogen-bond acceptors (Lipinski definition) is 2. The molecule has 0 saturated heterocycles. The Bertz CT molecular complexity index is 480. The first-order valence-electron chi connectivity index (χ1n) is 8.30. The van der Waals surface area contributed by atoms with Crippen LogP contribution in [0.3, 0.4) is 0 Å². The number of benzene rings is 1. The fraction of sp³-hybridized carbons (Fsp3) is 0.526. The molecule has 2 N–H and O–H groups in total. The summed E-state index contributed by atoms with van der Waals surface area (Å²) < 4.78 is 0. The third-order valence-corrected chi connectivity index (χ3v) is 3.76. The van der Waals surface area contributed by atoms with Gasteiger partial charge in [0.15, 0.2) is 0 Å². The zero-order valence-electron chi connectivity index (χ0n) is 13.9. The Labute approximate surface area is 134 Å². The summed E-state index contributed by atoms with van der Waals surface area (Å²) in [5.41, 5.74) is 1.86. The van der Waals surface area contributed by atoms with Crippen LogP contribution in [0.25, 0.3) is 0 Å². The van der Waals surface area contributed by atoms with E-state index in [1.165, 1.54) is 25.7 Å². The third kappa shape index (κ3) is 7.87. The molecule has 0 fully saturated rings. The van der Waals surface area contributed by atoms with Gasteiger partial charge in [-0.25, -0.2) is 0 Å². The molecule has 1 aromatic rings. The van der Waals surface area contributed by atoms with E-state index >= 15 is 0 Å². The molecule has 0 aliphatic rings. The van der Waals surface area contributed by atoms with Gasteiger partial charge in [0.05, 0.1) is 0 Å². The molecule has 122 valence electrons. The second kappa shape index (κ2) is 10.9. The number of aryl methyl sites for hydroxylation is 1. The number of amides is 1. The normalized spacial score (nSPS) is 11.0. The molecule has 0 saturated carbocycles. The van der Waals surface area contributed by atoms with Gasteiger partial charge in [-0.15, -0.1) is 0 Å². The van der Waals surface area contributed by atoms with Crippen LogP contribution in [-0.2, 0) is 11.3 Å². The van der Waals surface area contributed by atoms with Gasteiger partial charge in [-0.2, -0.15) is 0 Å². The first-order chi connectivity index (χ1) is 10.6. The zero-order chi connectivity index (χ0) is 16.2. The van der Waals surface area contributed by atoms with Gasteiger partial charge in [-0.3, -0.25) is 4.79 Å². The number of nitrogens with one attached hydrogen (secondary N) is 1. The molecular weight excluding hydrogens is 274 g/mol. The van der Waals surface area contributed by atoms with Gasteiger partial charge in [0.25, 0.3) is 0 Å². The lowest BCUT2D eigenvalue weighted by atomic mass is 10.1. The highest BCUT2D eigenvalue weighted by Crippen LogP contribution is 2.16. The second-order valence-electron chi connectivity index (χ2n) is 5.77. The van der Waals surface area contributed by atoms with Crippen LogP contribution < -0.4 is 5.32 Å². The molecular formula is C19H29NO2. The summed E-state index contributed by atoms with van der Waals surface area (Å²) >= 11 is 0. The molecule has 22 heavy (non-hydrogen) atoms. The number of unbranched alkanes of at least 4 members (excludes halogenated alkanes) is 5. The minimum Gasteiger partial charge on any atom is -0.508 e. The zero-order valence-corrected chi connectivity index (χ0v) is 13.9. The van der Waals surface area contributed by atoms with E-state index in [-0.39, 0.29) is 5.91 Å². The van der Waals surface area contributed by atoms with Crippen LogP contribution in [0, 0.1) is 6.92 Å². The molecule has 1 amide bonds. The molecule has 0 atom stereocenters. The molecule has 0 heterocycles. The van der Waals surface area contributed by atoms with E-state index < -0.39 is 0 Å². The van der Waals surface area contributed by atoms with Crippen LogP contribution in [0.2, 0.25) is 0 Å². The van der Waals surface area contributed by atoms with Gasteiger partial charge in [-0.1, -0.05) is 43.5 Å². The van der Waals surface area contributed by atoms with E-state index in [4.69, 9.17) is 0 Å². The van der Waals surface area contributed by atoms with E-state index in [1.807, 2.05) is 19.1 Å². The van der Waals surface area contributed by atoms with Crippen molar-refractivity contribution in [2.24, 2.45) is 0 Å². The van der Waals surface area contributed by atoms with Crippen LogP contribution in [0.4, 0.5) is 0 Å². The number of phenols is 1. The lowest BCUT2D eigenvalue weighted by molar-refractivity contribution is -0.121. The summed E-state index contributed by atoms with van der Waals surface area (Å²) in [6, 6.07) is 5.41. The largest absolute Gasteiger partial charge is 0.508 e. The number of hydrogen-bond donors (Lipinski definition) is 2. The average Bonchev–Trinajstić information content (AvgIpc) is 2.51. The SMILES string of the molecule is C/C=C\CCCCCCCC(=O)NCc1ccc(O)c(C)c1. The van der Waals surface area contributed by atoms with Crippen molar-refractivity contribution in [2.45, 2.75) is 65.3 Å². The van der Waals surface area contributed by atoms with Crippen LogP contribution in [0.15, 0.2) is 30.4 Å². The van der Waals surface area contributed by atoms with E-state index in [0.29, 0.717) is 18.7 Å². The highest BCUT2D eigenvalue weighted by Gasteiger charge is 2.03. The summed E-state index contributed by atoms with van der Waals surface area (Å²) in [4.78, 5) is 11.8. The maximum absolute atomic E-state index is 11.8. The Morgan fingerprint density at radius 2 is 1.91 bits per heavy atom. The fourth-order valence-electron chi connectivity index (χ4n) is 2.36. The minimum absolute atomic E-state index is 0.111. The van der Waals surface area contributed by atoms with E-state index in [1.54, 1.807) is 6.07 Å². The third-order valence-electron chi connectivity index (χ3n) is 3.76. The monoisotopic (exact) mass is 303 g/mol. The summed E-state index contributed by atoms with van der Waals surface area (Å²) in [6.07, 6.45) is 11.9. The van der Waals surface area contributed by atoms with Gasteiger partial charge < -0.3 is 10.4 Å². The van der Waals surface area contributed by atoms with Crippen LogP contribution in [0.1, 0.15) is 63.0 Å². The van der Waals surface area contributed by atoms with Crippen molar-refractivity contribution in [1.82, 2.24) is 5.32 Å². The van der Waals surface area contributed by atoms with Gasteiger partial charge >= 0.3 is 0 Å². The second-order valence-corrected chi connectivity index (χ2v) is 5.77. The number of carbonyl (C=O) groups is 1. The molecule has 0 unspecified atom stereocenters. The number of rotatable bonds is 10. The van der Waals surface area contributed by atoms with Crippen molar-refractivity contribution < 1.29 is 9.90 Å². The van der Waals surface area contributed by atoms with E-state index in [2.05, 4.69) is 24.4 Å². The average molecular weight is 303 g/mol. The van der Waals surface area contributed by atoms with Crippen molar-refractivity contribution in [3.05, 3.63) is 41.5 Å². The molecule has 0 spiro atoms. The maximum Gasteiger partial charge on any atom is 0.220 e. The number of phenolic OH excluding ortho intramolecular Hbond substituents is 1. The summed E-state index contributed by atoms with van der Waals surface area (Å²) in [7, 11) is 0. The highest BCUT2D eigenvalue weighted by atomic mass is 16.3. The Morgan fingerprint density at radius 3 is 2.64 bits per heavy atom. The molecule has 0 radical (unpaired) electrons. The summed E-state index contributed by atoms with van der Waals surface area (Å²) in [5, 5.41) is 12.4. The van der Waals surface area contributed by atoms with Gasteiger partial charge in [0, 0.05) is 13.0 Å². The van der Waals surface area contributed by atoms with E-state index in [9.17, 15) is 9.90 Å². The molecule has 1 rings (SSSR count). The molecule has 0 bridgehead atoms. The number of allylic oxidation sites excluding steroid dienone is 2. The Balaban J connectivity index is 2.07. The lowest BCUT2D eigenvalue weighted by Gasteiger charge is -2.07. The van der Waals surface area contributed by atoms with Crippen molar-refractivity contribution in [1.29, 1.82) is 0 Å². The smallest absolute Gasteiger partial charge is 0.220 e. The molecule has 0 aromatic heterocycles. The quantitative estimate of drug-likeness (QED) is 0.489. The molecule has 0 aliphatic carbocycles. The van der Waals surface area contributed by atoms with Crippen LogP contribution in [-0.4, -0.2) is 11.0 Å². The predicted octanol–water partition coefficient (Wildman–Crippen LogP) is 4.62. The standard InChI is InChI=1S/C19H29NO2/c1-3-4-5-6-7-8-9-10-11-19(22)20-15-17-12-13-18(21)16(2)14-17/h3-4,12-14,21H,5-11,15H2,1-2H3,(H,20,22)/b4-3-. The van der Waals surface area contributed by atoms with Gasteiger partial charge in [0.1, 0.15) is 5.75 Å². The summed E-state index contributed by atoms with van der Waals surface area (Å²) in [5.74, 6) is 0.407. The van der Waals surface area contributed by atoms with Gasteiger partial charge in [-0.05, 0) is 50.3 Å². The van der Waals surface area contributed by atoms with Gasteiger partial charge in [0.2, 0.25) is 5.91 Å². The predicted molar refractivity (Wildman–Crippen MR) is 91.8 cm³/mol. The molecule has 3 nitrogen and oxygen atoms in total. The topological polar surface area (TPSA) is 49.3 Å². The molecule has 1 aromatic carbocycles. The number of carbonyl (C=O) groups excluding carboxylic acids is 1. The van der Waals surface area contributed by atoms with Crippen molar-refractivity contribution in [2.75, 3.05) is 0 Å². The first kappa shape index (κ1) is 18.3. The van der Waals surface area contributed by atoms with Crippen LogP contribution >= 0.6 is 0 Å².